The molecule has 0 saturated heterocycles. The van der Waals surface area contributed by atoms with Crippen molar-refractivity contribution >= 4 is 21.8 Å². The molecule has 10 nitrogen and oxygen atoms in total. The number of hydrogen-bond acceptors (Lipinski definition) is 8. The maximum absolute atomic E-state index is 13.2. The summed E-state index contributed by atoms with van der Waals surface area (Å²) in [4.78, 5) is 25.1. The molecule has 0 aromatic heterocycles. The normalized spacial score (nSPS) is 15.8. The number of sulfone groups is 1. The minimum atomic E-state index is -4.00. The number of urea groups is 1. The van der Waals surface area contributed by atoms with Crippen LogP contribution < -0.4 is 24.8 Å². The van der Waals surface area contributed by atoms with E-state index in [0.29, 0.717) is 23.7 Å². The van der Waals surface area contributed by atoms with Crippen LogP contribution in [0.3, 0.4) is 0 Å². The Kier molecular flexibility index (Phi) is 7.67. The fraction of sp³-hybridized carbons (Fsp3) is 0.304. The van der Waals surface area contributed by atoms with E-state index in [0.717, 1.165) is 0 Å². The van der Waals surface area contributed by atoms with Gasteiger partial charge in [-0.15, -0.1) is 0 Å². The minimum absolute atomic E-state index is 0.0182. The van der Waals surface area contributed by atoms with Gasteiger partial charge in [0.2, 0.25) is 0 Å². The molecule has 3 rings (SSSR count). The summed E-state index contributed by atoms with van der Waals surface area (Å²) < 4.78 is 47.1. The zero-order valence-electron chi connectivity index (χ0n) is 19.2. The smallest absolute Gasteiger partial charge is 0.338 e. The van der Waals surface area contributed by atoms with E-state index in [4.69, 9.17) is 18.9 Å². The Morgan fingerprint density at radius 3 is 2.26 bits per heavy atom. The Balaban J connectivity index is 2.05. The number of ether oxygens (including phenoxy) is 4. The van der Waals surface area contributed by atoms with E-state index in [9.17, 15) is 18.0 Å². The highest BCUT2D eigenvalue weighted by molar-refractivity contribution is 7.91. The first-order valence-electron chi connectivity index (χ1n) is 10.3. The van der Waals surface area contributed by atoms with Crippen LogP contribution in [0.4, 0.5) is 4.79 Å². The van der Waals surface area contributed by atoms with Crippen molar-refractivity contribution in [2.75, 3.05) is 33.7 Å². The van der Waals surface area contributed by atoms with E-state index in [1.807, 2.05) is 6.92 Å². The second-order valence-corrected chi connectivity index (χ2v) is 9.18. The molecule has 2 aromatic carbocycles. The molecule has 0 spiro atoms. The summed E-state index contributed by atoms with van der Waals surface area (Å²) in [5.74, 6) is -0.210. The minimum Gasteiger partial charge on any atom is -0.494 e. The van der Waals surface area contributed by atoms with Gasteiger partial charge in [-0.2, -0.15) is 0 Å². The van der Waals surface area contributed by atoms with Crippen molar-refractivity contribution < 1.29 is 37.0 Å². The molecular formula is C23H26N2O8S. The summed E-state index contributed by atoms with van der Waals surface area (Å²) >= 11 is 0. The maximum Gasteiger partial charge on any atom is 0.338 e. The van der Waals surface area contributed by atoms with Gasteiger partial charge >= 0.3 is 12.0 Å². The number of carbonyl (C=O) groups excluding carboxylic acids is 2. The predicted molar refractivity (Wildman–Crippen MR) is 123 cm³/mol. The van der Waals surface area contributed by atoms with Crippen LogP contribution in [0, 0.1) is 0 Å². The molecule has 0 aliphatic carbocycles. The zero-order chi connectivity index (χ0) is 24.9. The number of esters is 1. The first kappa shape index (κ1) is 24.9. The van der Waals surface area contributed by atoms with Gasteiger partial charge in [-0.25, -0.2) is 18.0 Å². The van der Waals surface area contributed by atoms with Crippen LogP contribution in [0.1, 0.15) is 18.5 Å². The third-order valence-electron chi connectivity index (χ3n) is 5.13. The van der Waals surface area contributed by atoms with Crippen LogP contribution in [0.15, 0.2) is 58.6 Å². The number of methoxy groups -OCH3 is 3. The Bertz CT molecular complexity index is 1210. The Labute approximate surface area is 197 Å². The van der Waals surface area contributed by atoms with Gasteiger partial charge in [-0.1, -0.05) is 12.1 Å². The van der Waals surface area contributed by atoms with Gasteiger partial charge in [0, 0.05) is 11.8 Å². The quantitative estimate of drug-likeness (QED) is 0.513. The summed E-state index contributed by atoms with van der Waals surface area (Å²) in [7, 11) is 0.00814. The molecule has 0 radical (unpaired) electrons. The fourth-order valence-corrected chi connectivity index (χ4v) is 4.88. The van der Waals surface area contributed by atoms with Crippen LogP contribution in [-0.2, 0) is 19.4 Å². The highest BCUT2D eigenvalue weighted by Gasteiger charge is 2.35. The molecule has 2 amide bonds. The molecule has 2 aromatic rings. The van der Waals surface area contributed by atoms with Gasteiger partial charge in [0.1, 0.15) is 5.75 Å². The van der Waals surface area contributed by atoms with Gasteiger partial charge in [0.25, 0.3) is 0 Å². The van der Waals surface area contributed by atoms with Crippen LogP contribution in [0.25, 0.3) is 0 Å². The second kappa shape index (κ2) is 10.5. The van der Waals surface area contributed by atoms with Gasteiger partial charge in [0.05, 0.1) is 50.2 Å². The highest BCUT2D eigenvalue weighted by atomic mass is 32.2. The standard InChI is InChI=1S/C23H26N2O8S/c1-5-33-15-8-6-14(7-9-15)21-20(22(26)32-4)17(24-23(27)25-21)13-34(28,29)16-10-11-18(30-2)19(12-16)31-3/h6-12,21H,5,13H2,1-4H3,(H2,24,25,27). The third kappa shape index (κ3) is 5.25. The molecule has 0 fully saturated rings. The van der Waals surface area contributed by atoms with Gasteiger partial charge in [-0.3, -0.25) is 0 Å². The van der Waals surface area contributed by atoms with Gasteiger partial charge in [0.15, 0.2) is 21.3 Å². The number of hydrogen-bond donors (Lipinski definition) is 2. The average molecular weight is 491 g/mol. The molecule has 1 heterocycles. The van der Waals surface area contributed by atoms with E-state index < -0.39 is 33.6 Å². The molecule has 2 N–H and O–H groups in total. The average Bonchev–Trinajstić information content (AvgIpc) is 2.83. The molecule has 1 atom stereocenters. The lowest BCUT2D eigenvalue weighted by Crippen LogP contribution is -2.47. The molecule has 34 heavy (non-hydrogen) atoms. The third-order valence-corrected chi connectivity index (χ3v) is 6.77. The molecule has 182 valence electrons. The molecule has 0 bridgehead atoms. The number of amides is 2. The first-order chi connectivity index (χ1) is 16.2. The zero-order valence-corrected chi connectivity index (χ0v) is 20.0. The van der Waals surface area contributed by atoms with E-state index in [1.54, 1.807) is 24.3 Å². The SMILES string of the molecule is CCOc1ccc(C2NC(=O)NC(CS(=O)(=O)c3ccc(OC)c(OC)c3)=C2C(=O)OC)cc1. The lowest BCUT2D eigenvalue weighted by atomic mass is 9.95. The van der Waals surface area contributed by atoms with Crippen LogP contribution in [0.2, 0.25) is 0 Å². The van der Waals surface area contributed by atoms with Crippen molar-refractivity contribution in [1.82, 2.24) is 10.6 Å². The molecule has 0 saturated carbocycles. The van der Waals surface area contributed by atoms with Crippen molar-refractivity contribution in [2.45, 2.75) is 17.9 Å². The van der Waals surface area contributed by atoms with Crippen LogP contribution in [-0.4, -0.2) is 54.1 Å². The maximum atomic E-state index is 13.2. The molecule has 1 aliphatic rings. The van der Waals surface area contributed by atoms with Crippen molar-refractivity contribution in [3.05, 3.63) is 59.3 Å². The lowest BCUT2D eigenvalue weighted by molar-refractivity contribution is -0.136. The van der Waals surface area contributed by atoms with E-state index in [-0.39, 0.29) is 21.9 Å². The van der Waals surface area contributed by atoms with Crippen molar-refractivity contribution in [3.8, 4) is 17.2 Å². The van der Waals surface area contributed by atoms with Crippen LogP contribution in [0.5, 0.6) is 17.2 Å². The molecular weight excluding hydrogens is 464 g/mol. The highest BCUT2D eigenvalue weighted by Crippen LogP contribution is 2.33. The molecule has 11 heteroatoms. The number of rotatable bonds is 9. The fourth-order valence-electron chi connectivity index (χ4n) is 3.54. The van der Waals surface area contributed by atoms with Crippen LogP contribution >= 0.6 is 0 Å². The summed E-state index contributed by atoms with van der Waals surface area (Å²) in [6.45, 7) is 2.33. The van der Waals surface area contributed by atoms with Gasteiger partial charge in [-0.05, 0) is 36.8 Å². The molecule has 1 unspecified atom stereocenters. The second-order valence-electron chi connectivity index (χ2n) is 7.19. The predicted octanol–water partition coefficient (Wildman–Crippen LogP) is 2.36. The number of carbonyl (C=O) groups is 2. The van der Waals surface area contributed by atoms with Crippen molar-refractivity contribution in [2.24, 2.45) is 0 Å². The van der Waals surface area contributed by atoms with E-state index in [2.05, 4.69) is 10.6 Å². The number of nitrogens with one attached hydrogen (secondary N) is 2. The Morgan fingerprint density at radius 1 is 1.00 bits per heavy atom. The Morgan fingerprint density at radius 2 is 1.68 bits per heavy atom. The lowest BCUT2D eigenvalue weighted by Gasteiger charge is -2.29. The monoisotopic (exact) mass is 490 g/mol. The topological polar surface area (TPSA) is 129 Å². The largest absolute Gasteiger partial charge is 0.494 e. The van der Waals surface area contributed by atoms with Gasteiger partial charge < -0.3 is 29.6 Å². The molecule has 1 aliphatic heterocycles. The first-order valence-corrected chi connectivity index (χ1v) is 12.0. The van der Waals surface area contributed by atoms with E-state index in [1.165, 1.54) is 39.5 Å². The van der Waals surface area contributed by atoms with Crippen molar-refractivity contribution in [3.63, 3.8) is 0 Å². The summed E-state index contributed by atoms with van der Waals surface area (Å²) in [6, 6.07) is 9.34. The Hall–Kier alpha value is -3.73. The summed E-state index contributed by atoms with van der Waals surface area (Å²) in [5.41, 5.74) is 0.458. The van der Waals surface area contributed by atoms with Crippen molar-refractivity contribution in [1.29, 1.82) is 0 Å². The van der Waals surface area contributed by atoms with E-state index >= 15 is 0 Å². The summed E-state index contributed by atoms with van der Waals surface area (Å²) in [6.07, 6.45) is 0. The number of benzene rings is 2. The summed E-state index contributed by atoms with van der Waals surface area (Å²) in [5, 5.41) is 5.12.